The van der Waals surface area contributed by atoms with Gasteiger partial charge < -0.3 is 10.1 Å². The van der Waals surface area contributed by atoms with Crippen LogP contribution in [0.3, 0.4) is 0 Å². The summed E-state index contributed by atoms with van der Waals surface area (Å²) in [7, 11) is 1.16. The molecule has 4 nitrogen and oxygen atoms in total. The Labute approximate surface area is 123 Å². The first kappa shape index (κ1) is 15.8. The Kier molecular flexibility index (Phi) is 4.35. The summed E-state index contributed by atoms with van der Waals surface area (Å²) in [6.45, 7) is -0.340. The fourth-order valence-electron chi connectivity index (χ4n) is 2.04. The number of ketones is 1. The number of carbonyl (C=O) groups excluding carboxylic acids is 2. The third kappa shape index (κ3) is 3.19. The molecule has 0 radical (unpaired) electrons. The highest BCUT2D eigenvalue weighted by molar-refractivity contribution is 6.15. The van der Waals surface area contributed by atoms with Crippen molar-refractivity contribution in [2.75, 3.05) is 19.0 Å². The number of alkyl halides is 3. The van der Waals surface area contributed by atoms with Gasteiger partial charge in [-0.3, -0.25) is 9.59 Å². The molecule has 2 rings (SSSR count). The summed E-state index contributed by atoms with van der Waals surface area (Å²) in [6, 6.07) is 9.14. The van der Waals surface area contributed by atoms with E-state index in [-0.39, 0.29) is 17.6 Å². The molecule has 0 aliphatic carbocycles. The molecule has 0 unspecified atom stereocenters. The van der Waals surface area contributed by atoms with Crippen molar-refractivity contribution in [3.63, 3.8) is 0 Å². The highest BCUT2D eigenvalue weighted by atomic mass is 19.4. The number of hydrogen-bond donors (Lipinski definition) is 1. The van der Waals surface area contributed by atoms with Gasteiger partial charge in [0.25, 0.3) is 5.78 Å². The molecule has 0 spiro atoms. The molecule has 0 bridgehead atoms. The zero-order valence-corrected chi connectivity index (χ0v) is 11.5. The minimum atomic E-state index is -5.01. The number of fused-ring (bicyclic) bond motifs is 1. The molecule has 2 aromatic rings. The van der Waals surface area contributed by atoms with Gasteiger partial charge in [-0.05, 0) is 16.8 Å². The summed E-state index contributed by atoms with van der Waals surface area (Å²) in [4.78, 5) is 22.9. The van der Waals surface area contributed by atoms with Gasteiger partial charge >= 0.3 is 12.1 Å². The number of esters is 1. The molecule has 0 aromatic heterocycles. The van der Waals surface area contributed by atoms with Gasteiger partial charge in [-0.25, -0.2) is 0 Å². The van der Waals surface area contributed by atoms with Crippen molar-refractivity contribution in [3.05, 3.63) is 42.0 Å². The number of hydrogen-bond acceptors (Lipinski definition) is 4. The van der Waals surface area contributed by atoms with Crippen LogP contribution in [0, 0.1) is 0 Å². The quantitative estimate of drug-likeness (QED) is 0.696. The van der Waals surface area contributed by atoms with Gasteiger partial charge in [0.15, 0.2) is 0 Å². The predicted octanol–water partition coefficient (Wildman–Crippen LogP) is 3.17. The second kappa shape index (κ2) is 6.05. The number of carbonyl (C=O) groups is 2. The minimum Gasteiger partial charge on any atom is -0.468 e. The number of anilines is 1. The Balaban J connectivity index is 2.55. The number of rotatable bonds is 4. The van der Waals surface area contributed by atoms with Crippen LogP contribution in [0.2, 0.25) is 0 Å². The first-order valence-corrected chi connectivity index (χ1v) is 6.28. The van der Waals surface area contributed by atoms with E-state index in [1.165, 1.54) is 12.1 Å². The van der Waals surface area contributed by atoms with Crippen LogP contribution in [0.5, 0.6) is 0 Å². The van der Waals surface area contributed by atoms with E-state index in [2.05, 4.69) is 10.1 Å². The fraction of sp³-hybridized carbons (Fsp3) is 0.200. The van der Waals surface area contributed by atoms with Crippen molar-refractivity contribution in [2.24, 2.45) is 0 Å². The molecule has 0 amide bonds. The van der Waals surface area contributed by atoms with Gasteiger partial charge in [-0.1, -0.05) is 30.3 Å². The van der Waals surface area contributed by atoms with Gasteiger partial charge in [0.2, 0.25) is 0 Å². The van der Waals surface area contributed by atoms with Crippen LogP contribution in [0.4, 0.5) is 18.9 Å². The monoisotopic (exact) mass is 311 g/mol. The van der Waals surface area contributed by atoms with Gasteiger partial charge in [0.05, 0.1) is 12.7 Å². The van der Waals surface area contributed by atoms with E-state index in [9.17, 15) is 22.8 Å². The van der Waals surface area contributed by atoms with Crippen molar-refractivity contribution >= 4 is 28.2 Å². The Morgan fingerprint density at radius 1 is 1.14 bits per heavy atom. The van der Waals surface area contributed by atoms with Crippen LogP contribution in [-0.2, 0) is 9.53 Å². The maximum atomic E-state index is 12.8. The zero-order valence-electron chi connectivity index (χ0n) is 11.5. The van der Waals surface area contributed by atoms with Crippen LogP contribution in [0.15, 0.2) is 36.4 Å². The highest BCUT2D eigenvalue weighted by Crippen LogP contribution is 2.32. The molecule has 2 aromatic carbocycles. The lowest BCUT2D eigenvalue weighted by atomic mass is 9.99. The molecule has 7 heteroatoms. The van der Waals surface area contributed by atoms with E-state index in [0.29, 0.717) is 5.39 Å². The maximum absolute atomic E-state index is 12.8. The lowest BCUT2D eigenvalue weighted by Gasteiger charge is -2.15. The first-order valence-electron chi connectivity index (χ1n) is 6.28. The van der Waals surface area contributed by atoms with Crippen LogP contribution in [0.25, 0.3) is 10.8 Å². The highest BCUT2D eigenvalue weighted by Gasteiger charge is 2.41. The first-order chi connectivity index (χ1) is 10.3. The third-order valence-corrected chi connectivity index (χ3v) is 3.06. The number of ether oxygens (including phenoxy) is 1. The number of Topliss-reactive ketones (excluding diaryl/α,β-unsaturated/α-hetero) is 1. The molecular weight excluding hydrogens is 299 g/mol. The lowest BCUT2D eigenvalue weighted by molar-refractivity contribution is -0.138. The second-order valence-electron chi connectivity index (χ2n) is 4.47. The molecule has 0 saturated carbocycles. The van der Waals surface area contributed by atoms with Crippen molar-refractivity contribution in [2.45, 2.75) is 6.18 Å². The van der Waals surface area contributed by atoms with Crippen molar-refractivity contribution in [3.8, 4) is 0 Å². The topological polar surface area (TPSA) is 55.4 Å². The largest absolute Gasteiger partial charge is 0.468 e. The van der Waals surface area contributed by atoms with Crippen LogP contribution in [0.1, 0.15) is 10.4 Å². The smallest absolute Gasteiger partial charge is 0.454 e. The standard InChI is InChI=1S/C15H12F3NO3/c1-22-12(20)8-19-11-7-6-9-4-2-3-5-10(9)13(11)14(21)15(16,17)18/h2-7,19H,8H2,1H3. The summed E-state index contributed by atoms with van der Waals surface area (Å²) in [6.07, 6.45) is -5.01. The summed E-state index contributed by atoms with van der Waals surface area (Å²) >= 11 is 0. The molecule has 0 aliphatic heterocycles. The Morgan fingerprint density at radius 2 is 1.82 bits per heavy atom. The average Bonchev–Trinajstić information content (AvgIpc) is 2.50. The number of methoxy groups -OCH3 is 1. The predicted molar refractivity (Wildman–Crippen MR) is 74.8 cm³/mol. The molecule has 0 saturated heterocycles. The van der Waals surface area contributed by atoms with Crippen LogP contribution in [-0.4, -0.2) is 31.6 Å². The lowest BCUT2D eigenvalue weighted by Crippen LogP contribution is -2.25. The van der Waals surface area contributed by atoms with E-state index < -0.39 is 23.5 Å². The average molecular weight is 311 g/mol. The summed E-state index contributed by atoms with van der Waals surface area (Å²) in [5.74, 6) is -2.62. The van der Waals surface area contributed by atoms with Crippen molar-refractivity contribution in [1.82, 2.24) is 0 Å². The van der Waals surface area contributed by atoms with E-state index >= 15 is 0 Å². The molecule has 1 N–H and O–H groups in total. The number of nitrogens with one attached hydrogen (secondary N) is 1. The molecular formula is C15H12F3NO3. The number of halogens is 3. The van der Waals surface area contributed by atoms with E-state index in [0.717, 1.165) is 7.11 Å². The minimum absolute atomic E-state index is 0.0635. The van der Waals surface area contributed by atoms with E-state index in [1.54, 1.807) is 24.3 Å². The van der Waals surface area contributed by atoms with Gasteiger partial charge in [-0.2, -0.15) is 13.2 Å². The van der Waals surface area contributed by atoms with E-state index in [4.69, 9.17) is 0 Å². The SMILES string of the molecule is COC(=O)CNc1ccc2ccccc2c1C(=O)C(F)(F)F. The third-order valence-electron chi connectivity index (χ3n) is 3.06. The van der Waals surface area contributed by atoms with E-state index in [1.807, 2.05) is 0 Å². The maximum Gasteiger partial charge on any atom is 0.454 e. The van der Waals surface area contributed by atoms with Crippen LogP contribution < -0.4 is 5.32 Å². The molecule has 22 heavy (non-hydrogen) atoms. The Morgan fingerprint density at radius 3 is 2.45 bits per heavy atom. The Hall–Kier alpha value is -2.57. The summed E-state index contributed by atoms with van der Waals surface area (Å²) < 4.78 is 42.9. The molecule has 0 atom stereocenters. The van der Waals surface area contributed by atoms with Gasteiger partial charge in [0, 0.05) is 5.69 Å². The summed E-state index contributed by atoms with van der Waals surface area (Å²) in [5.41, 5.74) is -0.569. The van der Waals surface area contributed by atoms with Gasteiger partial charge in [-0.15, -0.1) is 0 Å². The van der Waals surface area contributed by atoms with Crippen molar-refractivity contribution in [1.29, 1.82) is 0 Å². The number of benzene rings is 2. The normalized spacial score (nSPS) is 11.3. The molecule has 0 fully saturated rings. The van der Waals surface area contributed by atoms with Crippen molar-refractivity contribution < 1.29 is 27.5 Å². The summed E-state index contributed by atoms with van der Waals surface area (Å²) in [5, 5.41) is 3.18. The second-order valence-corrected chi connectivity index (χ2v) is 4.47. The molecule has 0 aliphatic rings. The van der Waals surface area contributed by atoms with Crippen LogP contribution >= 0.6 is 0 Å². The Bertz CT molecular complexity index is 726. The fourth-order valence-corrected chi connectivity index (χ4v) is 2.04. The van der Waals surface area contributed by atoms with Gasteiger partial charge in [0.1, 0.15) is 6.54 Å². The zero-order chi connectivity index (χ0) is 16.3. The molecule has 0 heterocycles. The molecule has 116 valence electrons.